The van der Waals surface area contributed by atoms with Crippen molar-refractivity contribution in [3.8, 4) is 0 Å². The van der Waals surface area contributed by atoms with Gasteiger partial charge in [0.15, 0.2) is 0 Å². The number of rotatable bonds is 4. The minimum Gasteiger partial charge on any atom is -0.391 e. The van der Waals surface area contributed by atoms with E-state index in [1.807, 2.05) is 6.07 Å². The van der Waals surface area contributed by atoms with Gasteiger partial charge < -0.3 is 9.63 Å². The van der Waals surface area contributed by atoms with E-state index in [2.05, 4.69) is 12.1 Å². The topological polar surface area (TPSA) is 89.4 Å². The molecule has 6 nitrogen and oxygen atoms in total. The fourth-order valence-corrected chi connectivity index (χ4v) is 3.38. The fourth-order valence-electron chi connectivity index (χ4n) is 3.38. The first-order chi connectivity index (χ1) is 10.1. The van der Waals surface area contributed by atoms with E-state index in [-0.39, 0.29) is 12.3 Å². The summed E-state index contributed by atoms with van der Waals surface area (Å²) in [6.07, 6.45) is 3.12. The van der Waals surface area contributed by atoms with Crippen molar-refractivity contribution in [2.24, 2.45) is 5.92 Å². The zero-order valence-electron chi connectivity index (χ0n) is 11.7. The molecule has 0 bridgehead atoms. The molecule has 0 spiro atoms. The van der Waals surface area contributed by atoms with Gasteiger partial charge in [-0.05, 0) is 24.3 Å². The lowest BCUT2D eigenvalue weighted by molar-refractivity contribution is -0.385. The Bertz CT molecular complexity index is 674. The van der Waals surface area contributed by atoms with Crippen molar-refractivity contribution in [2.45, 2.75) is 31.8 Å². The van der Waals surface area contributed by atoms with Crippen molar-refractivity contribution < 1.29 is 14.6 Å². The van der Waals surface area contributed by atoms with Crippen LogP contribution in [0.3, 0.4) is 0 Å². The molecular formula is C15H16N2O4. The van der Waals surface area contributed by atoms with Crippen LogP contribution < -0.4 is 0 Å². The zero-order chi connectivity index (χ0) is 15.0. The van der Waals surface area contributed by atoms with Crippen LogP contribution in [-0.4, -0.2) is 15.2 Å². The standard InChI is InChI=1S/C15H16N2O4/c1-10-6-15(7-10,14-11(8-18)9-21-16-14)12-3-2-4-13(5-12)17(19)20/h2-5,9-10,18H,6-8H2,1H3. The largest absolute Gasteiger partial charge is 0.391 e. The quantitative estimate of drug-likeness (QED) is 0.690. The average molecular weight is 288 g/mol. The molecule has 1 aromatic heterocycles. The van der Waals surface area contributed by atoms with Gasteiger partial charge in [-0.2, -0.15) is 0 Å². The van der Waals surface area contributed by atoms with Crippen molar-refractivity contribution in [1.82, 2.24) is 5.16 Å². The monoisotopic (exact) mass is 288 g/mol. The molecule has 6 heteroatoms. The van der Waals surface area contributed by atoms with Crippen molar-refractivity contribution >= 4 is 5.69 Å². The van der Waals surface area contributed by atoms with Gasteiger partial charge in [0.2, 0.25) is 0 Å². The number of aliphatic hydroxyl groups is 1. The summed E-state index contributed by atoms with van der Waals surface area (Å²) in [5, 5.41) is 24.5. The molecule has 1 fully saturated rings. The first-order valence-corrected chi connectivity index (χ1v) is 6.86. The summed E-state index contributed by atoms with van der Waals surface area (Å²) in [4.78, 5) is 10.6. The third-order valence-electron chi connectivity index (χ3n) is 4.27. The third kappa shape index (κ3) is 2.12. The molecular weight excluding hydrogens is 272 g/mol. The lowest BCUT2D eigenvalue weighted by Gasteiger charge is -2.46. The van der Waals surface area contributed by atoms with Gasteiger partial charge in [-0.15, -0.1) is 0 Å². The van der Waals surface area contributed by atoms with Crippen LogP contribution in [0.5, 0.6) is 0 Å². The number of hydrogen-bond acceptors (Lipinski definition) is 5. The van der Waals surface area contributed by atoms with Crippen LogP contribution in [0.25, 0.3) is 0 Å². The van der Waals surface area contributed by atoms with Crippen LogP contribution in [0.15, 0.2) is 35.1 Å². The van der Waals surface area contributed by atoms with E-state index in [1.165, 1.54) is 12.3 Å². The smallest absolute Gasteiger partial charge is 0.269 e. The molecule has 0 radical (unpaired) electrons. The maximum Gasteiger partial charge on any atom is 0.269 e. The van der Waals surface area contributed by atoms with E-state index in [0.29, 0.717) is 17.2 Å². The average Bonchev–Trinajstić information content (AvgIpc) is 2.92. The van der Waals surface area contributed by atoms with E-state index in [4.69, 9.17) is 4.52 Å². The number of nitro benzene ring substituents is 1. The van der Waals surface area contributed by atoms with Crippen molar-refractivity contribution in [3.63, 3.8) is 0 Å². The van der Waals surface area contributed by atoms with Gasteiger partial charge in [0.1, 0.15) is 6.26 Å². The van der Waals surface area contributed by atoms with Crippen LogP contribution in [0.2, 0.25) is 0 Å². The lowest BCUT2D eigenvalue weighted by Crippen LogP contribution is -2.42. The molecule has 1 aliphatic carbocycles. The highest BCUT2D eigenvalue weighted by Gasteiger charge is 2.48. The summed E-state index contributed by atoms with van der Waals surface area (Å²) in [6, 6.07) is 6.66. The molecule has 0 amide bonds. The molecule has 1 aliphatic rings. The summed E-state index contributed by atoms with van der Waals surface area (Å²) in [6.45, 7) is 1.98. The molecule has 1 aromatic carbocycles. The molecule has 0 saturated heterocycles. The Morgan fingerprint density at radius 2 is 2.29 bits per heavy atom. The molecule has 0 atom stereocenters. The first-order valence-electron chi connectivity index (χ1n) is 6.86. The summed E-state index contributed by atoms with van der Waals surface area (Å²) < 4.78 is 5.01. The number of nitro groups is 1. The SMILES string of the molecule is CC1CC(c2cccc([N+](=O)[O-])c2)(c2nocc2CO)C1. The van der Waals surface area contributed by atoms with E-state index >= 15 is 0 Å². The molecule has 110 valence electrons. The Labute approximate surface area is 121 Å². The summed E-state index contributed by atoms with van der Waals surface area (Å²) >= 11 is 0. The van der Waals surface area contributed by atoms with E-state index in [0.717, 1.165) is 18.4 Å². The number of benzene rings is 1. The predicted molar refractivity (Wildman–Crippen MR) is 74.7 cm³/mol. The molecule has 21 heavy (non-hydrogen) atoms. The van der Waals surface area contributed by atoms with Crippen molar-refractivity contribution in [1.29, 1.82) is 0 Å². The molecule has 1 N–H and O–H groups in total. The van der Waals surface area contributed by atoms with Crippen LogP contribution in [0.4, 0.5) is 5.69 Å². The van der Waals surface area contributed by atoms with Gasteiger partial charge >= 0.3 is 0 Å². The second-order valence-corrected chi connectivity index (χ2v) is 5.75. The minimum absolute atomic E-state index is 0.0699. The van der Waals surface area contributed by atoms with Crippen LogP contribution in [0, 0.1) is 16.0 Å². The Hall–Kier alpha value is -2.21. The number of aromatic nitrogens is 1. The number of hydrogen-bond donors (Lipinski definition) is 1. The van der Waals surface area contributed by atoms with Crippen molar-refractivity contribution in [2.75, 3.05) is 0 Å². The highest BCUT2D eigenvalue weighted by molar-refractivity contribution is 5.46. The maximum absolute atomic E-state index is 11.0. The molecule has 0 aliphatic heterocycles. The van der Waals surface area contributed by atoms with Gasteiger partial charge in [-0.25, -0.2) is 0 Å². The summed E-state index contributed by atoms with van der Waals surface area (Å²) in [5.74, 6) is 0.507. The fraction of sp³-hybridized carbons (Fsp3) is 0.400. The maximum atomic E-state index is 11.0. The number of aliphatic hydroxyl groups excluding tert-OH is 1. The first kappa shape index (κ1) is 13.8. The molecule has 0 unspecified atom stereocenters. The summed E-state index contributed by atoms with van der Waals surface area (Å²) in [7, 11) is 0. The Balaban J connectivity index is 2.10. The highest BCUT2D eigenvalue weighted by Crippen LogP contribution is 2.53. The second-order valence-electron chi connectivity index (χ2n) is 5.75. The lowest BCUT2D eigenvalue weighted by atomic mass is 9.57. The van der Waals surface area contributed by atoms with E-state index in [9.17, 15) is 15.2 Å². The van der Waals surface area contributed by atoms with E-state index in [1.54, 1.807) is 12.1 Å². The highest BCUT2D eigenvalue weighted by atomic mass is 16.6. The molecule has 3 rings (SSSR count). The second kappa shape index (κ2) is 4.96. The van der Waals surface area contributed by atoms with Gasteiger partial charge in [0.25, 0.3) is 5.69 Å². The Morgan fingerprint density at radius 3 is 2.90 bits per heavy atom. The third-order valence-corrected chi connectivity index (χ3v) is 4.27. The van der Waals surface area contributed by atoms with Crippen LogP contribution in [-0.2, 0) is 12.0 Å². The predicted octanol–water partition coefficient (Wildman–Crippen LogP) is 2.79. The molecule has 1 saturated carbocycles. The van der Waals surface area contributed by atoms with Gasteiger partial charge in [0.05, 0.1) is 17.2 Å². The van der Waals surface area contributed by atoms with Gasteiger partial charge in [0, 0.05) is 23.1 Å². The van der Waals surface area contributed by atoms with Gasteiger partial charge in [-0.1, -0.05) is 24.2 Å². The van der Waals surface area contributed by atoms with Crippen molar-refractivity contribution in [3.05, 3.63) is 57.5 Å². The summed E-state index contributed by atoms with van der Waals surface area (Å²) in [5.41, 5.74) is 1.88. The minimum atomic E-state index is -0.394. The van der Waals surface area contributed by atoms with Crippen LogP contribution in [0.1, 0.15) is 36.6 Å². The molecule has 1 heterocycles. The Kier molecular flexibility index (Phi) is 3.25. The number of nitrogens with zero attached hydrogens (tertiary/aromatic N) is 2. The normalized spacial score (nSPS) is 24.6. The molecule has 2 aromatic rings. The Morgan fingerprint density at radius 1 is 1.52 bits per heavy atom. The van der Waals surface area contributed by atoms with Gasteiger partial charge in [-0.3, -0.25) is 10.1 Å². The van der Waals surface area contributed by atoms with Crippen LogP contribution >= 0.6 is 0 Å². The van der Waals surface area contributed by atoms with E-state index < -0.39 is 10.3 Å². The zero-order valence-corrected chi connectivity index (χ0v) is 11.7. The number of non-ortho nitro benzene ring substituents is 1.